The van der Waals surface area contributed by atoms with Crippen LogP contribution in [-0.2, 0) is 25.5 Å². The maximum absolute atomic E-state index is 12.6. The Morgan fingerprint density at radius 1 is 1.28 bits per heavy atom. The van der Waals surface area contributed by atoms with Crippen LogP contribution in [0.4, 0.5) is 13.2 Å². The molecule has 36 heavy (non-hydrogen) atoms. The van der Waals surface area contributed by atoms with Crippen LogP contribution in [0.5, 0.6) is 11.5 Å². The number of hydrogen-bond acceptors (Lipinski definition) is 8. The summed E-state index contributed by atoms with van der Waals surface area (Å²) in [4.78, 5) is 28.1. The number of hydrogen-bond donors (Lipinski definition) is 0. The lowest BCUT2D eigenvalue weighted by atomic mass is 9.87. The zero-order valence-electron chi connectivity index (χ0n) is 21.2. The number of rotatable bonds is 3. The van der Waals surface area contributed by atoms with E-state index in [4.69, 9.17) is 9.47 Å². The lowest BCUT2D eigenvalue weighted by Crippen LogP contribution is -2.42. The molecule has 8 nitrogen and oxygen atoms in total. The number of carbonyl (C=O) groups excluding carboxylic acids is 2. The molecule has 198 valence electrons. The highest BCUT2D eigenvalue weighted by Crippen LogP contribution is 2.44. The van der Waals surface area contributed by atoms with Crippen LogP contribution < -0.4 is 9.47 Å². The minimum atomic E-state index is -4.76. The van der Waals surface area contributed by atoms with Crippen molar-refractivity contribution in [2.75, 3.05) is 20.7 Å². The van der Waals surface area contributed by atoms with Gasteiger partial charge in [-0.1, -0.05) is 0 Å². The van der Waals surface area contributed by atoms with Crippen molar-refractivity contribution in [2.24, 2.45) is 0 Å². The van der Waals surface area contributed by atoms with Gasteiger partial charge in [-0.05, 0) is 65.8 Å². The average molecular weight is 513 g/mol. The molecule has 3 heterocycles. The van der Waals surface area contributed by atoms with E-state index >= 15 is 0 Å². The molecule has 11 heteroatoms. The molecule has 0 saturated carbocycles. The van der Waals surface area contributed by atoms with Crippen LogP contribution in [0.15, 0.2) is 18.2 Å². The van der Waals surface area contributed by atoms with Crippen LogP contribution in [0, 0.1) is 6.92 Å². The van der Waals surface area contributed by atoms with Gasteiger partial charge in [0.05, 0.1) is 18.3 Å². The monoisotopic (exact) mass is 512 g/mol. The second-order valence-corrected chi connectivity index (χ2v) is 10.0. The zero-order chi connectivity index (χ0) is 26.9. The van der Waals surface area contributed by atoms with Crippen LogP contribution in [-0.4, -0.2) is 66.6 Å². The van der Waals surface area contributed by atoms with Gasteiger partial charge in [0, 0.05) is 23.9 Å². The Bertz CT molecular complexity index is 1130. The highest BCUT2D eigenvalue weighted by Gasteiger charge is 2.49. The molecule has 0 N–H and O–H groups in total. The Kier molecular flexibility index (Phi) is 7.73. The molecule has 1 aromatic heterocycles. The fourth-order valence-electron chi connectivity index (χ4n) is 4.56. The predicted octanol–water partition coefficient (Wildman–Crippen LogP) is 4.34. The Hall–Kier alpha value is -3.08. The first-order chi connectivity index (χ1) is 16.7. The standard InChI is InChI=1S/C20H21F3N2O4.C5H10O2/c1-11-17-13(14-8-12(28-20(21,22)23)4-5-15(14)24-11)6-7-19(29-17)9-16(18(26)27-3)25(2)10-19;1-5(2,3)7-4-6/h4-5,8,16H,6-7,9-10H2,1-3H3;4H,1-3H3. The van der Waals surface area contributed by atoms with Crippen LogP contribution in [0.2, 0.25) is 0 Å². The van der Waals surface area contributed by atoms with Crippen molar-refractivity contribution in [3.63, 3.8) is 0 Å². The van der Waals surface area contributed by atoms with Crippen LogP contribution in [0.3, 0.4) is 0 Å². The van der Waals surface area contributed by atoms with E-state index in [2.05, 4.69) is 14.5 Å². The third kappa shape index (κ3) is 6.37. The maximum atomic E-state index is 12.6. The second kappa shape index (κ2) is 10.1. The predicted molar refractivity (Wildman–Crippen MR) is 125 cm³/mol. The topological polar surface area (TPSA) is 87.2 Å². The van der Waals surface area contributed by atoms with E-state index in [9.17, 15) is 22.8 Å². The van der Waals surface area contributed by atoms with E-state index in [1.807, 2.05) is 39.6 Å². The average Bonchev–Trinajstić information content (AvgIpc) is 3.08. The smallest absolute Gasteiger partial charge is 0.484 e. The normalized spacial score (nSPS) is 21.8. The van der Waals surface area contributed by atoms with E-state index in [0.717, 1.165) is 5.56 Å². The Labute approximate surface area is 207 Å². The quantitative estimate of drug-likeness (QED) is 0.444. The third-order valence-electron chi connectivity index (χ3n) is 6.08. The van der Waals surface area contributed by atoms with Crippen molar-refractivity contribution in [3.05, 3.63) is 29.5 Å². The van der Waals surface area contributed by atoms with Gasteiger partial charge in [-0.2, -0.15) is 0 Å². The maximum Gasteiger partial charge on any atom is 0.573 e. The number of nitrogens with zero attached hydrogens (tertiary/aromatic N) is 2. The summed E-state index contributed by atoms with van der Waals surface area (Å²) in [5, 5.41) is 0.582. The fraction of sp³-hybridized carbons (Fsp3) is 0.560. The highest BCUT2D eigenvalue weighted by atomic mass is 19.4. The molecule has 2 aromatic rings. The van der Waals surface area contributed by atoms with Gasteiger partial charge in [0.2, 0.25) is 0 Å². The first kappa shape index (κ1) is 27.5. The van der Waals surface area contributed by atoms with Crippen molar-refractivity contribution in [2.45, 2.75) is 70.6 Å². The first-order valence-electron chi connectivity index (χ1n) is 11.4. The van der Waals surface area contributed by atoms with Gasteiger partial charge in [-0.15, -0.1) is 13.2 Å². The molecule has 0 radical (unpaired) electrons. The van der Waals surface area contributed by atoms with Gasteiger partial charge in [-0.3, -0.25) is 14.5 Å². The largest absolute Gasteiger partial charge is 0.573 e. The summed E-state index contributed by atoms with van der Waals surface area (Å²) in [6.45, 7) is 8.29. The van der Waals surface area contributed by atoms with E-state index in [-0.39, 0.29) is 23.4 Å². The molecule has 0 bridgehead atoms. The van der Waals surface area contributed by atoms with Crippen molar-refractivity contribution in [3.8, 4) is 11.5 Å². The SMILES string of the molecule is CC(C)(C)OC=O.COC(=O)C1CC2(CCc3c(c(C)nc4ccc(OC(F)(F)F)cc34)O2)CN1C. The molecular weight excluding hydrogens is 481 g/mol. The van der Waals surface area contributed by atoms with E-state index in [1.54, 1.807) is 0 Å². The molecule has 1 saturated heterocycles. The number of esters is 1. The van der Waals surface area contributed by atoms with E-state index in [1.165, 1.54) is 25.3 Å². The Morgan fingerprint density at radius 3 is 2.53 bits per heavy atom. The van der Waals surface area contributed by atoms with Crippen molar-refractivity contribution >= 4 is 23.3 Å². The summed E-state index contributed by atoms with van der Waals surface area (Å²) in [5.74, 6) is -0.0163. The molecule has 0 aliphatic carbocycles. The number of pyridine rings is 1. The number of alkyl halides is 3. The number of fused-ring (bicyclic) bond motifs is 3. The summed E-state index contributed by atoms with van der Waals surface area (Å²) in [7, 11) is 3.21. The van der Waals surface area contributed by atoms with Crippen molar-refractivity contribution in [1.82, 2.24) is 9.88 Å². The second-order valence-electron chi connectivity index (χ2n) is 10.0. The fourth-order valence-corrected chi connectivity index (χ4v) is 4.56. The molecule has 2 atom stereocenters. The third-order valence-corrected chi connectivity index (χ3v) is 6.08. The minimum Gasteiger partial charge on any atom is -0.484 e. The highest BCUT2D eigenvalue weighted by molar-refractivity contribution is 5.86. The molecule has 2 aliphatic heterocycles. The van der Waals surface area contributed by atoms with Gasteiger partial charge in [0.25, 0.3) is 6.47 Å². The lowest BCUT2D eigenvalue weighted by Gasteiger charge is -2.36. The Balaban J connectivity index is 0.000000454. The number of ether oxygens (including phenoxy) is 4. The molecule has 0 amide bonds. The zero-order valence-corrected chi connectivity index (χ0v) is 21.2. The molecule has 1 spiro atoms. The minimum absolute atomic E-state index is 0.288. The van der Waals surface area contributed by atoms with Gasteiger partial charge in [-0.25, -0.2) is 4.98 Å². The number of benzene rings is 1. The molecular formula is C25H31F3N2O6. The number of halogens is 3. The Morgan fingerprint density at radius 2 is 1.97 bits per heavy atom. The molecule has 2 aliphatic rings. The first-order valence-corrected chi connectivity index (χ1v) is 11.4. The van der Waals surface area contributed by atoms with Crippen LogP contribution >= 0.6 is 0 Å². The van der Waals surface area contributed by atoms with Gasteiger partial charge < -0.3 is 18.9 Å². The van der Waals surface area contributed by atoms with Crippen LogP contribution in [0.1, 0.15) is 44.9 Å². The van der Waals surface area contributed by atoms with Crippen molar-refractivity contribution < 1.29 is 41.7 Å². The van der Waals surface area contributed by atoms with Crippen molar-refractivity contribution in [1.29, 1.82) is 0 Å². The van der Waals surface area contributed by atoms with E-state index in [0.29, 0.717) is 54.6 Å². The van der Waals surface area contributed by atoms with Gasteiger partial charge in [0.1, 0.15) is 28.7 Å². The van der Waals surface area contributed by atoms with Gasteiger partial charge in [0.15, 0.2) is 0 Å². The summed E-state index contributed by atoms with van der Waals surface area (Å²) < 4.78 is 57.7. The molecule has 4 rings (SSSR count). The molecule has 2 unspecified atom stereocenters. The number of aromatic nitrogens is 1. The summed E-state index contributed by atoms with van der Waals surface area (Å²) in [6, 6.07) is 3.74. The summed E-state index contributed by atoms with van der Waals surface area (Å²) >= 11 is 0. The summed E-state index contributed by atoms with van der Waals surface area (Å²) in [6.07, 6.45) is -3.03. The molecule has 1 aromatic carbocycles. The van der Waals surface area contributed by atoms with Crippen LogP contribution in [0.25, 0.3) is 10.9 Å². The lowest BCUT2D eigenvalue weighted by molar-refractivity contribution is -0.274. The number of likely N-dealkylation sites (N-methyl/N-ethyl adjacent to an activating group) is 1. The van der Waals surface area contributed by atoms with Gasteiger partial charge >= 0.3 is 12.3 Å². The molecule has 1 fully saturated rings. The van der Waals surface area contributed by atoms with E-state index < -0.39 is 12.0 Å². The summed E-state index contributed by atoms with van der Waals surface area (Å²) in [5.41, 5.74) is 1.20. The number of carbonyl (C=O) groups is 2. The number of likely N-dealkylation sites (tertiary alicyclic amines) is 1. The number of aryl methyl sites for hydroxylation is 2. The number of methoxy groups -OCH3 is 1.